The molecule has 0 aromatic heterocycles. The number of rotatable bonds is 2. The Bertz CT molecular complexity index is 836. The molecule has 1 atom stereocenters. The van der Waals surface area contributed by atoms with Crippen molar-refractivity contribution in [1.82, 2.24) is 10.2 Å². The monoisotopic (exact) mass is 340 g/mol. The van der Waals surface area contributed by atoms with E-state index in [1.54, 1.807) is 12.1 Å². The molecule has 122 valence electrons. The van der Waals surface area contributed by atoms with Crippen LogP contribution in [0.3, 0.4) is 0 Å². The van der Waals surface area contributed by atoms with Crippen molar-refractivity contribution in [2.75, 3.05) is 0 Å². The first-order chi connectivity index (χ1) is 11.6. The molecule has 1 aliphatic carbocycles. The number of carbonyl (C=O) groups excluding carboxylic acids is 2. The Kier molecular flexibility index (Phi) is 3.57. The van der Waals surface area contributed by atoms with Crippen LogP contribution in [0.15, 0.2) is 48.5 Å². The number of aryl methyl sites for hydroxylation is 1. The van der Waals surface area contributed by atoms with Crippen LogP contribution in [0.4, 0.5) is 4.79 Å². The van der Waals surface area contributed by atoms with Gasteiger partial charge < -0.3 is 5.32 Å². The van der Waals surface area contributed by atoms with Crippen molar-refractivity contribution in [3.05, 3.63) is 70.2 Å². The molecular formula is C19H17ClN2O2. The largest absolute Gasteiger partial charge is 0.325 e. The molecule has 2 aromatic carbocycles. The molecule has 0 radical (unpaired) electrons. The summed E-state index contributed by atoms with van der Waals surface area (Å²) >= 11 is 6.00. The van der Waals surface area contributed by atoms with Crippen LogP contribution >= 0.6 is 11.6 Å². The minimum atomic E-state index is -0.802. The summed E-state index contributed by atoms with van der Waals surface area (Å²) in [5.41, 5.74) is 2.45. The van der Waals surface area contributed by atoms with Gasteiger partial charge in [0.2, 0.25) is 0 Å². The fourth-order valence-electron chi connectivity index (χ4n) is 3.66. The van der Waals surface area contributed by atoms with Crippen LogP contribution in [0.1, 0.15) is 23.1 Å². The Morgan fingerprint density at radius 2 is 1.88 bits per heavy atom. The topological polar surface area (TPSA) is 49.4 Å². The number of hydrogen-bond donors (Lipinski definition) is 1. The number of amides is 3. The first kappa shape index (κ1) is 15.2. The van der Waals surface area contributed by atoms with Gasteiger partial charge in [-0.1, -0.05) is 48.0 Å². The van der Waals surface area contributed by atoms with E-state index in [0.29, 0.717) is 17.9 Å². The van der Waals surface area contributed by atoms with Crippen LogP contribution in [-0.4, -0.2) is 22.4 Å². The molecule has 1 heterocycles. The number of halogens is 1. The van der Waals surface area contributed by atoms with Crippen molar-refractivity contribution >= 4 is 23.5 Å². The van der Waals surface area contributed by atoms with Crippen LogP contribution in [0.2, 0.25) is 5.02 Å². The number of nitrogens with one attached hydrogen (secondary N) is 1. The minimum Gasteiger partial charge on any atom is -0.323 e. The van der Waals surface area contributed by atoms with Crippen molar-refractivity contribution in [2.45, 2.75) is 31.3 Å². The Morgan fingerprint density at radius 1 is 1.08 bits per heavy atom. The van der Waals surface area contributed by atoms with E-state index in [9.17, 15) is 9.59 Å². The summed E-state index contributed by atoms with van der Waals surface area (Å²) in [6.45, 7) is 0.245. The summed E-state index contributed by atoms with van der Waals surface area (Å²) < 4.78 is 0. The average molecular weight is 341 g/mol. The second-order valence-electron chi connectivity index (χ2n) is 6.48. The molecule has 1 unspecified atom stereocenters. The molecule has 2 aromatic rings. The van der Waals surface area contributed by atoms with E-state index in [0.717, 1.165) is 17.5 Å². The highest BCUT2D eigenvalue weighted by atomic mass is 35.5. The van der Waals surface area contributed by atoms with Crippen LogP contribution in [0.5, 0.6) is 0 Å². The third kappa shape index (κ3) is 2.47. The van der Waals surface area contributed by atoms with E-state index in [1.807, 2.05) is 30.3 Å². The average Bonchev–Trinajstić information content (AvgIpc) is 2.79. The molecule has 1 fully saturated rings. The van der Waals surface area contributed by atoms with Gasteiger partial charge in [0, 0.05) is 11.4 Å². The lowest BCUT2D eigenvalue weighted by atomic mass is 9.78. The number of urea groups is 1. The SMILES string of the molecule is O=C1NC2(CCc3ccccc3C2)C(=O)N1Cc1cccc(Cl)c1. The van der Waals surface area contributed by atoms with Gasteiger partial charge in [-0.25, -0.2) is 4.79 Å². The van der Waals surface area contributed by atoms with Gasteiger partial charge in [-0.05, 0) is 41.7 Å². The summed E-state index contributed by atoms with van der Waals surface area (Å²) in [5, 5.41) is 3.55. The van der Waals surface area contributed by atoms with Crippen LogP contribution in [0, 0.1) is 0 Å². The molecular weight excluding hydrogens is 324 g/mol. The van der Waals surface area contributed by atoms with E-state index >= 15 is 0 Å². The predicted octanol–water partition coefficient (Wildman–Crippen LogP) is 3.32. The van der Waals surface area contributed by atoms with Gasteiger partial charge in [-0.15, -0.1) is 0 Å². The zero-order valence-electron chi connectivity index (χ0n) is 13.1. The number of fused-ring (bicyclic) bond motifs is 1. The van der Waals surface area contributed by atoms with Gasteiger partial charge in [0.15, 0.2) is 0 Å². The fourth-order valence-corrected chi connectivity index (χ4v) is 3.88. The normalized spacial score (nSPS) is 22.6. The van der Waals surface area contributed by atoms with Crippen LogP contribution in [0.25, 0.3) is 0 Å². The minimum absolute atomic E-state index is 0.137. The summed E-state index contributed by atoms with van der Waals surface area (Å²) in [7, 11) is 0. The first-order valence-electron chi connectivity index (χ1n) is 8.03. The summed E-state index contributed by atoms with van der Waals surface area (Å²) in [6, 6.07) is 15.0. The lowest BCUT2D eigenvalue weighted by molar-refractivity contribution is -0.132. The molecule has 5 heteroatoms. The third-order valence-electron chi connectivity index (χ3n) is 4.91. The van der Waals surface area contributed by atoms with Gasteiger partial charge in [0.05, 0.1) is 6.54 Å². The quantitative estimate of drug-likeness (QED) is 0.853. The van der Waals surface area contributed by atoms with Crippen LogP contribution < -0.4 is 5.32 Å². The smallest absolute Gasteiger partial charge is 0.323 e. The second kappa shape index (κ2) is 5.64. The highest BCUT2D eigenvalue weighted by Gasteiger charge is 2.52. The zero-order chi connectivity index (χ0) is 16.7. The molecule has 4 nitrogen and oxygen atoms in total. The number of carbonyl (C=O) groups is 2. The summed E-state index contributed by atoms with van der Waals surface area (Å²) in [5.74, 6) is -0.137. The number of benzene rings is 2. The predicted molar refractivity (Wildman–Crippen MR) is 91.7 cm³/mol. The van der Waals surface area contributed by atoms with Crippen molar-refractivity contribution in [3.63, 3.8) is 0 Å². The van der Waals surface area contributed by atoms with Gasteiger partial charge >= 0.3 is 6.03 Å². The maximum absolute atomic E-state index is 13.0. The molecule has 1 saturated heterocycles. The second-order valence-corrected chi connectivity index (χ2v) is 6.92. The molecule has 3 amide bonds. The van der Waals surface area contributed by atoms with Gasteiger partial charge in [0.1, 0.15) is 5.54 Å². The van der Waals surface area contributed by atoms with E-state index in [2.05, 4.69) is 11.4 Å². The van der Waals surface area contributed by atoms with Crippen molar-refractivity contribution < 1.29 is 9.59 Å². The molecule has 24 heavy (non-hydrogen) atoms. The Labute approximate surface area is 145 Å². The molecule has 0 saturated carbocycles. The molecule has 1 spiro atoms. The maximum Gasteiger partial charge on any atom is 0.325 e. The molecule has 1 N–H and O–H groups in total. The van der Waals surface area contributed by atoms with E-state index < -0.39 is 5.54 Å². The highest BCUT2D eigenvalue weighted by Crippen LogP contribution is 2.34. The Hall–Kier alpha value is -2.33. The molecule has 2 aliphatic rings. The van der Waals surface area contributed by atoms with E-state index in [-0.39, 0.29) is 18.5 Å². The Morgan fingerprint density at radius 3 is 2.67 bits per heavy atom. The van der Waals surface area contributed by atoms with Gasteiger partial charge in [0.25, 0.3) is 5.91 Å². The third-order valence-corrected chi connectivity index (χ3v) is 5.14. The molecule has 4 rings (SSSR count). The number of nitrogens with zero attached hydrogens (tertiary/aromatic N) is 1. The zero-order valence-corrected chi connectivity index (χ0v) is 13.8. The summed E-state index contributed by atoms with van der Waals surface area (Å²) in [4.78, 5) is 26.7. The Balaban J connectivity index is 1.60. The lowest BCUT2D eigenvalue weighted by Gasteiger charge is -2.32. The van der Waals surface area contributed by atoms with E-state index in [4.69, 9.17) is 11.6 Å². The first-order valence-corrected chi connectivity index (χ1v) is 8.41. The molecule has 0 bridgehead atoms. The van der Waals surface area contributed by atoms with Crippen LogP contribution in [-0.2, 0) is 24.2 Å². The van der Waals surface area contributed by atoms with Crippen molar-refractivity contribution in [2.24, 2.45) is 0 Å². The maximum atomic E-state index is 13.0. The lowest BCUT2D eigenvalue weighted by Crippen LogP contribution is -2.51. The highest BCUT2D eigenvalue weighted by molar-refractivity contribution is 6.30. The van der Waals surface area contributed by atoms with Gasteiger partial charge in [-0.3, -0.25) is 9.69 Å². The number of hydrogen-bond acceptors (Lipinski definition) is 2. The standard InChI is InChI=1S/C19H17ClN2O2/c20-16-7-3-4-13(10-16)12-22-17(23)19(21-18(22)24)9-8-14-5-1-2-6-15(14)11-19/h1-7,10H,8-9,11-12H2,(H,21,24). The summed E-state index contributed by atoms with van der Waals surface area (Å²) in [6.07, 6.45) is 1.99. The van der Waals surface area contributed by atoms with E-state index in [1.165, 1.54) is 10.5 Å². The van der Waals surface area contributed by atoms with Crippen molar-refractivity contribution in [1.29, 1.82) is 0 Å². The number of imide groups is 1. The van der Waals surface area contributed by atoms with Crippen molar-refractivity contribution in [3.8, 4) is 0 Å². The fraction of sp³-hybridized carbons (Fsp3) is 0.263. The molecule has 1 aliphatic heterocycles. The van der Waals surface area contributed by atoms with Gasteiger partial charge in [-0.2, -0.15) is 0 Å².